The van der Waals surface area contributed by atoms with Crippen LogP contribution in [0.25, 0.3) is 15.3 Å². The number of hydrogen-bond acceptors (Lipinski definition) is 4. The van der Waals surface area contributed by atoms with E-state index in [0.717, 1.165) is 27.5 Å². The summed E-state index contributed by atoms with van der Waals surface area (Å²) < 4.78 is 2.85. The van der Waals surface area contributed by atoms with E-state index in [0.29, 0.717) is 12.2 Å². The Morgan fingerprint density at radius 2 is 2.04 bits per heavy atom. The molecule has 0 aliphatic carbocycles. The van der Waals surface area contributed by atoms with Crippen LogP contribution in [0.1, 0.15) is 51.8 Å². The maximum absolute atomic E-state index is 12.0. The molecule has 1 amide bonds. The highest BCUT2D eigenvalue weighted by Crippen LogP contribution is 2.31. The highest BCUT2D eigenvalue weighted by atomic mass is 32.1. The van der Waals surface area contributed by atoms with Crippen molar-refractivity contribution in [3.05, 3.63) is 35.5 Å². The predicted molar refractivity (Wildman–Crippen MR) is 104 cm³/mol. The maximum atomic E-state index is 12.0. The number of hydrogen-bond donors (Lipinski definition) is 1. The van der Waals surface area contributed by atoms with Gasteiger partial charge in [-0.05, 0) is 36.5 Å². The van der Waals surface area contributed by atoms with Gasteiger partial charge in [-0.3, -0.25) is 4.79 Å². The van der Waals surface area contributed by atoms with Gasteiger partial charge in [0, 0.05) is 12.5 Å². The zero-order valence-corrected chi connectivity index (χ0v) is 16.2. The zero-order valence-electron chi connectivity index (χ0n) is 15.4. The SMILES string of the molecule is CCCC(=O)Nc1cc(C)nn1-c1nc2ccc(C(C)(C)C)cc2s1. The molecule has 2 heterocycles. The summed E-state index contributed by atoms with van der Waals surface area (Å²) in [4.78, 5) is 16.7. The van der Waals surface area contributed by atoms with Crippen molar-refractivity contribution in [1.29, 1.82) is 0 Å². The van der Waals surface area contributed by atoms with Crippen LogP contribution in [-0.2, 0) is 10.2 Å². The third-order valence-corrected chi connectivity index (χ3v) is 4.99. The van der Waals surface area contributed by atoms with Crippen LogP contribution >= 0.6 is 11.3 Å². The Hall–Kier alpha value is -2.21. The molecule has 6 heteroatoms. The molecule has 0 fully saturated rings. The molecule has 0 bridgehead atoms. The fourth-order valence-corrected chi connectivity index (χ4v) is 3.61. The molecule has 5 nitrogen and oxygen atoms in total. The summed E-state index contributed by atoms with van der Waals surface area (Å²) in [7, 11) is 0. The number of nitrogens with one attached hydrogen (secondary N) is 1. The monoisotopic (exact) mass is 356 g/mol. The molecule has 0 aliphatic heterocycles. The Bertz CT molecular complexity index is 917. The lowest BCUT2D eigenvalue weighted by Crippen LogP contribution is -2.14. The second-order valence-electron chi connectivity index (χ2n) is 7.31. The lowest BCUT2D eigenvalue weighted by molar-refractivity contribution is -0.116. The van der Waals surface area contributed by atoms with Crippen LogP contribution < -0.4 is 5.32 Å². The number of thiazole rings is 1. The quantitative estimate of drug-likeness (QED) is 0.728. The average molecular weight is 356 g/mol. The van der Waals surface area contributed by atoms with E-state index in [4.69, 9.17) is 4.98 Å². The molecule has 1 N–H and O–H groups in total. The first-order valence-electron chi connectivity index (χ1n) is 8.56. The van der Waals surface area contributed by atoms with E-state index in [-0.39, 0.29) is 11.3 Å². The number of amides is 1. The zero-order chi connectivity index (χ0) is 18.2. The van der Waals surface area contributed by atoms with Crippen LogP contribution in [0, 0.1) is 6.92 Å². The Labute approximate surface area is 152 Å². The van der Waals surface area contributed by atoms with Gasteiger partial charge in [-0.25, -0.2) is 4.98 Å². The van der Waals surface area contributed by atoms with Gasteiger partial charge >= 0.3 is 0 Å². The minimum Gasteiger partial charge on any atom is -0.311 e. The minimum atomic E-state index is -0.000204. The van der Waals surface area contributed by atoms with Gasteiger partial charge < -0.3 is 5.32 Å². The summed E-state index contributed by atoms with van der Waals surface area (Å²) in [6.45, 7) is 10.5. The van der Waals surface area contributed by atoms with Gasteiger partial charge in [0.1, 0.15) is 5.82 Å². The first-order chi connectivity index (χ1) is 11.8. The van der Waals surface area contributed by atoms with Crippen molar-refractivity contribution in [3.8, 4) is 5.13 Å². The molecule has 132 valence electrons. The van der Waals surface area contributed by atoms with Gasteiger partial charge in [0.2, 0.25) is 11.0 Å². The average Bonchev–Trinajstić information content (AvgIpc) is 3.08. The topological polar surface area (TPSA) is 59.8 Å². The molecule has 1 aromatic carbocycles. The Kier molecular flexibility index (Phi) is 4.64. The van der Waals surface area contributed by atoms with Crippen LogP contribution in [0.3, 0.4) is 0 Å². The first kappa shape index (κ1) is 17.6. The van der Waals surface area contributed by atoms with E-state index >= 15 is 0 Å². The fraction of sp³-hybridized carbons (Fsp3) is 0.421. The summed E-state index contributed by atoms with van der Waals surface area (Å²) >= 11 is 1.59. The van der Waals surface area contributed by atoms with E-state index < -0.39 is 0 Å². The lowest BCUT2D eigenvalue weighted by Gasteiger charge is -2.18. The van der Waals surface area contributed by atoms with Crippen molar-refractivity contribution in [1.82, 2.24) is 14.8 Å². The molecule has 0 unspecified atom stereocenters. The second kappa shape index (κ2) is 6.59. The third-order valence-electron chi connectivity index (χ3n) is 4.00. The summed E-state index contributed by atoms with van der Waals surface area (Å²) in [6.07, 6.45) is 1.31. The number of rotatable bonds is 4. The van der Waals surface area contributed by atoms with Crippen LogP contribution in [0.15, 0.2) is 24.3 Å². The number of aromatic nitrogens is 3. The van der Waals surface area contributed by atoms with E-state index in [1.165, 1.54) is 5.56 Å². The normalized spacial score (nSPS) is 11.9. The Morgan fingerprint density at radius 1 is 1.28 bits per heavy atom. The van der Waals surface area contributed by atoms with Crippen LogP contribution in [0.2, 0.25) is 0 Å². The van der Waals surface area contributed by atoms with Gasteiger partial charge in [0.15, 0.2) is 0 Å². The first-order valence-corrected chi connectivity index (χ1v) is 9.37. The van der Waals surface area contributed by atoms with Crippen molar-refractivity contribution in [2.24, 2.45) is 0 Å². The third kappa shape index (κ3) is 3.74. The molecule has 0 aliphatic rings. The highest BCUT2D eigenvalue weighted by molar-refractivity contribution is 7.20. The second-order valence-corrected chi connectivity index (χ2v) is 8.32. The van der Waals surface area contributed by atoms with E-state index in [9.17, 15) is 4.79 Å². The van der Waals surface area contributed by atoms with Crippen molar-refractivity contribution in [2.45, 2.75) is 52.9 Å². The number of anilines is 1. The molecule has 0 radical (unpaired) electrons. The molecule has 0 spiro atoms. The molecule has 2 aromatic heterocycles. The van der Waals surface area contributed by atoms with Crippen LogP contribution in [0.5, 0.6) is 0 Å². The molecular formula is C19H24N4OS. The van der Waals surface area contributed by atoms with Crippen molar-refractivity contribution in [3.63, 3.8) is 0 Å². The van der Waals surface area contributed by atoms with Crippen molar-refractivity contribution < 1.29 is 4.79 Å². The Balaban J connectivity index is 2.00. The molecule has 0 saturated heterocycles. The summed E-state index contributed by atoms with van der Waals surface area (Å²) in [5, 5.41) is 8.21. The summed E-state index contributed by atoms with van der Waals surface area (Å²) in [5.74, 6) is 0.672. The summed E-state index contributed by atoms with van der Waals surface area (Å²) in [5.41, 5.74) is 3.18. The van der Waals surface area contributed by atoms with Gasteiger partial charge in [-0.1, -0.05) is 45.1 Å². The van der Waals surface area contributed by atoms with E-state index in [1.807, 2.05) is 19.9 Å². The lowest BCUT2D eigenvalue weighted by atomic mass is 9.87. The van der Waals surface area contributed by atoms with E-state index in [1.54, 1.807) is 16.0 Å². The fourth-order valence-electron chi connectivity index (χ4n) is 2.64. The van der Waals surface area contributed by atoms with E-state index in [2.05, 4.69) is 49.4 Å². The summed E-state index contributed by atoms with van der Waals surface area (Å²) in [6, 6.07) is 8.26. The molecule has 3 rings (SSSR count). The standard InChI is InChI=1S/C19H24N4OS/c1-6-7-17(24)21-16-10-12(2)22-23(16)18-20-14-9-8-13(19(3,4)5)11-15(14)25-18/h8-11H,6-7H2,1-5H3,(H,21,24). The molecule has 0 atom stereocenters. The molecule has 25 heavy (non-hydrogen) atoms. The van der Waals surface area contributed by atoms with Crippen molar-refractivity contribution >= 4 is 33.3 Å². The smallest absolute Gasteiger partial charge is 0.225 e. The molecule has 0 saturated carbocycles. The Morgan fingerprint density at radius 3 is 2.72 bits per heavy atom. The van der Waals surface area contributed by atoms with Crippen LogP contribution in [-0.4, -0.2) is 20.7 Å². The highest BCUT2D eigenvalue weighted by Gasteiger charge is 2.17. The molecular weight excluding hydrogens is 332 g/mol. The maximum Gasteiger partial charge on any atom is 0.225 e. The van der Waals surface area contributed by atoms with Gasteiger partial charge in [-0.2, -0.15) is 9.78 Å². The number of nitrogens with zero attached hydrogens (tertiary/aromatic N) is 3. The van der Waals surface area contributed by atoms with Gasteiger partial charge in [0.25, 0.3) is 0 Å². The minimum absolute atomic E-state index is 0.000204. The van der Waals surface area contributed by atoms with Gasteiger partial charge in [0.05, 0.1) is 15.9 Å². The predicted octanol–water partition coefficient (Wildman–Crippen LogP) is 4.83. The van der Waals surface area contributed by atoms with Crippen LogP contribution in [0.4, 0.5) is 5.82 Å². The number of aryl methyl sites for hydroxylation is 1. The largest absolute Gasteiger partial charge is 0.311 e. The molecule has 3 aromatic rings. The van der Waals surface area contributed by atoms with Crippen molar-refractivity contribution in [2.75, 3.05) is 5.32 Å². The van der Waals surface area contributed by atoms with Gasteiger partial charge in [-0.15, -0.1) is 0 Å². The number of fused-ring (bicyclic) bond motifs is 1. The number of benzene rings is 1. The number of carbonyl (C=O) groups is 1. The number of carbonyl (C=O) groups excluding carboxylic acids is 1.